The van der Waals surface area contributed by atoms with Crippen molar-refractivity contribution in [1.82, 2.24) is 4.90 Å². The van der Waals surface area contributed by atoms with Crippen molar-refractivity contribution in [2.45, 2.75) is 39.2 Å². The first-order chi connectivity index (χ1) is 14.1. The number of anilines is 1. The van der Waals surface area contributed by atoms with Crippen LogP contribution in [0.2, 0.25) is 0 Å². The van der Waals surface area contributed by atoms with E-state index in [0.29, 0.717) is 25.9 Å². The third-order valence-corrected chi connectivity index (χ3v) is 4.69. The van der Waals surface area contributed by atoms with Crippen molar-refractivity contribution in [2.75, 3.05) is 31.8 Å². The Morgan fingerprint density at radius 3 is 2.50 bits per heavy atom. The standard InChI is InChI=1S/C20H25N3O7/c1-20(2,3)30-19(25)21-10-8-13(9-11-21)17-18(24)22(12-28-4)16-14(23(26)27)6-5-7-15(16)29-17/h5-7H,8-12H2,1-4H3. The van der Waals surface area contributed by atoms with Crippen LogP contribution in [0.5, 0.6) is 5.75 Å². The number of nitro groups is 1. The lowest BCUT2D eigenvalue weighted by Crippen LogP contribution is -2.43. The highest BCUT2D eigenvalue weighted by molar-refractivity contribution is 6.09. The fourth-order valence-electron chi connectivity index (χ4n) is 3.38. The zero-order valence-electron chi connectivity index (χ0n) is 17.5. The molecule has 0 aliphatic carbocycles. The van der Waals surface area contributed by atoms with Gasteiger partial charge in [0.1, 0.15) is 12.3 Å². The largest absolute Gasteiger partial charge is 0.449 e. The van der Waals surface area contributed by atoms with Gasteiger partial charge in [0.25, 0.3) is 11.6 Å². The summed E-state index contributed by atoms with van der Waals surface area (Å²) in [7, 11) is 1.41. The minimum absolute atomic E-state index is 0.0740. The van der Waals surface area contributed by atoms with Crippen LogP contribution in [0.4, 0.5) is 16.2 Å². The van der Waals surface area contributed by atoms with Gasteiger partial charge in [-0.2, -0.15) is 0 Å². The molecular weight excluding hydrogens is 394 g/mol. The second-order valence-electron chi connectivity index (χ2n) is 8.03. The van der Waals surface area contributed by atoms with Gasteiger partial charge in [-0.05, 0) is 45.3 Å². The molecule has 0 bridgehead atoms. The molecule has 0 saturated carbocycles. The Morgan fingerprint density at radius 1 is 1.27 bits per heavy atom. The van der Waals surface area contributed by atoms with Crippen molar-refractivity contribution in [1.29, 1.82) is 0 Å². The second kappa shape index (κ2) is 8.31. The molecule has 1 fully saturated rings. The number of hydrogen-bond donors (Lipinski definition) is 0. The van der Waals surface area contributed by atoms with Gasteiger partial charge in [0.15, 0.2) is 17.2 Å². The van der Waals surface area contributed by atoms with Crippen LogP contribution in [0.25, 0.3) is 0 Å². The van der Waals surface area contributed by atoms with Crippen molar-refractivity contribution in [2.24, 2.45) is 0 Å². The molecule has 162 valence electrons. The molecule has 0 unspecified atom stereocenters. The van der Waals surface area contributed by atoms with Gasteiger partial charge in [-0.3, -0.25) is 19.8 Å². The van der Waals surface area contributed by atoms with Gasteiger partial charge in [-0.1, -0.05) is 6.07 Å². The predicted molar refractivity (Wildman–Crippen MR) is 107 cm³/mol. The zero-order valence-corrected chi connectivity index (χ0v) is 17.5. The third kappa shape index (κ3) is 4.38. The summed E-state index contributed by atoms with van der Waals surface area (Å²) in [5.74, 6) is -0.152. The van der Waals surface area contributed by atoms with Crippen LogP contribution in [-0.4, -0.2) is 54.4 Å². The Bertz CT molecular complexity index is 894. The lowest BCUT2D eigenvalue weighted by molar-refractivity contribution is -0.384. The number of nitro benzene ring substituents is 1. The van der Waals surface area contributed by atoms with Gasteiger partial charge in [0.2, 0.25) is 0 Å². The number of carbonyl (C=O) groups excluding carboxylic acids is 2. The van der Waals surface area contributed by atoms with Crippen LogP contribution in [0.15, 0.2) is 29.5 Å². The van der Waals surface area contributed by atoms with E-state index in [0.717, 1.165) is 5.57 Å². The fourth-order valence-corrected chi connectivity index (χ4v) is 3.38. The maximum atomic E-state index is 13.1. The highest BCUT2D eigenvalue weighted by atomic mass is 16.6. The highest BCUT2D eigenvalue weighted by Crippen LogP contribution is 2.43. The molecule has 0 N–H and O–H groups in total. The third-order valence-electron chi connectivity index (χ3n) is 4.69. The smallest absolute Gasteiger partial charge is 0.410 e. The number of rotatable bonds is 3. The summed E-state index contributed by atoms with van der Waals surface area (Å²) >= 11 is 0. The van der Waals surface area contributed by atoms with Gasteiger partial charge >= 0.3 is 6.09 Å². The number of hydrogen-bond acceptors (Lipinski definition) is 7. The van der Waals surface area contributed by atoms with E-state index in [1.165, 1.54) is 24.1 Å². The first-order valence-electron chi connectivity index (χ1n) is 9.58. The summed E-state index contributed by atoms with van der Waals surface area (Å²) in [6.07, 6.45) is 0.473. The molecular formula is C20H25N3O7. The average molecular weight is 419 g/mol. The lowest BCUT2D eigenvalue weighted by Gasteiger charge is -2.34. The van der Waals surface area contributed by atoms with Crippen LogP contribution >= 0.6 is 0 Å². The molecule has 1 aromatic carbocycles. The van der Waals surface area contributed by atoms with E-state index in [1.807, 2.05) is 0 Å². The van der Waals surface area contributed by atoms with Crippen LogP contribution < -0.4 is 9.64 Å². The fraction of sp³-hybridized carbons (Fsp3) is 0.500. The molecule has 0 atom stereocenters. The number of nitrogens with zero attached hydrogens (tertiary/aromatic N) is 3. The number of fused-ring (bicyclic) bond motifs is 1. The Morgan fingerprint density at radius 2 is 1.93 bits per heavy atom. The molecule has 0 radical (unpaired) electrons. The average Bonchev–Trinajstić information content (AvgIpc) is 2.68. The van der Waals surface area contributed by atoms with E-state index in [9.17, 15) is 19.7 Å². The number of piperidine rings is 1. The summed E-state index contributed by atoms with van der Waals surface area (Å²) in [4.78, 5) is 39.0. The minimum Gasteiger partial charge on any atom is -0.449 e. The molecule has 2 aliphatic rings. The van der Waals surface area contributed by atoms with Crippen LogP contribution in [0.3, 0.4) is 0 Å². The summed E-state index contributed by atoms with van der Waals surface area (Å²) in [5.41, 5.74) is 0.00168. The number of likely N-dealkylation sites (tertiary alicyclic amines) is 1. The van der Waals surface area contributed by atoms with Crippen molar-refractivity contribution >= 4 is 23.4 Å². The Balaban J connectivity index is 1.87. The predicted octanol–water partition coefficient (Wildman–Crippen LogP) is 3.21. The molecule has 10 heteroatoms. The summed E-state index contributed by atoms with van der Waals surface area (Å²) in [6, 6.07) is 4.40. The van der Waals surface area contributed by atoms with Gasteiger partial charge in [-0.15, -0.1) is 0 Å². The normalized spacial score (nSPS) is 16.9. The molecule has 30 heavy (non-hydrogen) atoms. The van der Waals surface area contributed by atoms with Crippen molar-refractivity contribution in [3.05, 3.63) is 39.6 Å². The highest BCUT2D eigenvalue weighted by Gasteiger charge is 2.38. The van der Waals surface area contributed by atoms with E-state index in [-0.39, 0.29) is 29.6 Å². The Kier molecular flexibility index (Phi) is 5.97. The van der Waals surface area contributed by atoms with Crippen LogP contribution in [0, 0.1) is 10.1 Å². The quantitative estimate of drug-likeness (QED) is 0.420. The molecule has 2 aliphatic heterocycles. The first kappa shape index (κ1) is 21.6. The van der Waals surface area contributed by atoms with Gasteiger partial charge in [0, 0.05) is 26.3 Å². The van der Waals surface area contributed by atoms with Crippen LogP contribution in [0.1, 0.15) is 33.6 Å². The minimum atomic E-state index is -0.586. The molecule has 0 aromatic heterocycles. The van der Waals surface area contributed by atoms with Crippen molar-refractivity contribution < 1.29 is 28.7 Å². The van der Waals surface area contributed by atoms with Crippen LogP contribution in [-0.2, 0) is 14.3 Å². The Labute approximate surface area is 174 Å². The maximum Gasteiger partial charge on any atom is 0.410 e. The SMILES string of the molecule is COCN1C(=O)C(=C2CCN(C(=O)OC(C)(C)C)CC2)Oc2cccc([N+](=O)[O-])c21. The molecule has 1 aromatic rings. The number of carbonyl (C=O) groups is 2. The number of amides is 2. The summed E-state index contributed by atoms with van der Waals surface area (Å²) in [6.45, 7) is 6.03. The molecule has 10 nitrogen and oxygen atoms in total. The molecule has 2 heterocycles. The van der Waals surface area contributed by atoms with E-state index in [4.69, 9.17) is 14.2 Å². The molecule has 0 spiro atoms. The van der Waals surface area contributed by atoms with Gasteiger partial charge in [0.05, 0.1) is 4.92 Å². The number of benzene rings is 1. The number of para-hydroxylation sites is 1. The summed E-state index contributed by atoms with van der Waals surface area (Å²) in [5, 5.41) is 11.4. The number of methoxy groups -OCH3 is 1. The number of ether oxygens (including phenoxy) is 3. The summed E-state index contributed by atoms with van der Waals surface area (Å²) < 4.78 is 16.3. The van der Waals surface area contributed by atoms with Crippen molar-refractivity contribution in [3.63, 3.8) is 0 Å². The van der Waals surface area contributed by atoms with E-state index in [1.54, 1.807) is 31.7 Å². The van der Waals surface area contributed by atoms with E-state index >= 15 is 0 Å². The van der Waals surface area contributed by atoms with E-state index in [2.05, 4.69) is 0 Å². The van der Waals surface area contributed by atoms with E-state index < -0.39 is 22.5 Å². The monoisotopic (exact) mass is 419 g/mol. The first-order valence-corrected chi connectivity index (χ1v) is 9.58. The Hall–Kier alpha value is -3.14. The molecule has 1 saturated heterocycles. The second-order valence-corrected chi connectivity index (χ2v) is 8.03. The lowest BCUT2D eigenvalue weighted by atomic mass is 10.0. The topological polar surface area (TPSA) is 111 Å². The molecule has 3 rings (SSSR count). The van der Waals surface area contributed by atoms with Gasteiger partial charge < -0.3 is 19.1 Å². The molecule has 2 amide bonds. The zero-order chi connectivity index (χ0) is 22.1. The van der Waals surface area contributed by atoms with Gasteiger partial charge in [-0.25, -0.2) is 4.79 Å². The maximum absolute atomic E-state index is 13.1. The van der Waals surface area contributed by atoms with Crippen molar-refractivity contribution in [3.8, 4) is 5.75 Å².